The summed E-state index contributed by atoms with van der Waals surface area (Å²) in [5, 5.41) is 19.4. The van der Waals surface area contributed by atoms with Gasteiger partial charge in [-0.2, -0.15) is 0 Å². The average molecular weight is 409 g/mol. The number of hydrogen-bond donors (Lipinski definition) is 2. The number of rotatable bonds is 5. The van der Waals surface area contributed by atoms with E-state index in [0.29, 0.717) is 0 Å². The van der Waals surface area contributed by atoms with Gasteiger partial charge in [0.25, 0.3) is 0 Å². The van der Waals surface area contributed by atoms with Crippen LogP contribution in [0.2, 0.25) is 0 Å². The molecule has 0 aliphatic heterocycles. The lowest BCUT2D eigenvalue weighted by Crippen LogP contribution is -2.26. The van der Waals surface area contributed by atoms with Crippen LogP contribution < -0.4 is 0 Å². The van der Waals surface area contributed by atoms with E-state index in [1.807, 2.05) is 30.3 Å². The summed E-state index contributed by atoms with van der Waals surface area (Å²) in [6.45, 7) is 6.63. The first-order chi connectivity index (χ1) is 14.8. The molecule has 4 rings (SSSR count). The summed E-state index contributed by atoms with van der Waals surface area (Å²) in [5.74, 6) is 0.549. The maximum Gasteiger partial charge on any atom is 0.115 e. The Hall–Kier alpha value is -3.52. The van der Waals surface area contributed by atoms with Crippen molar-refractivity contribution in [3.05, 3.63) is 131 Å². The minimum Gasteiger partial charge on any atom is -0.508 e. The van der Waals surface area contributed by atoms with Gasteiger partial charge in [-0.25, -0.2) is 0 Å². The van der Waals surface area contributed by atoms with Gasteiger partial charge in [-0.1, -0.05) is 92.7 Å². The zero-order valence-corrected chi connectivity index (χ0v) is 18.2. The minimum atomic E-state index is -0.351. The Morgan fingerprint density at radius 3 is 1.19 bits per heavy atom. The number of phenols is 2. The highest BCUT2D eigenvalue weighted by Gasteiger charge is 2.32. The van der Waals surface area contributed by atoms with E-state index in [9.17, 15) is 10.2 Å². The SMILES string of the molecule is CC(C)(c1ccc(O)cc1)c1ccc(C(C)(c2ccccc2)c2ccc(O)cc2)cc1. The highest BCUT2D eigenvalue weighted by atomic mass is 16.3. The summed E-state index contributed by atoms with van der Waals surface area (Å²) >= 11 is 0. The van der Waals surface area contributed by atoms with E-state index in [2.05, 4.69) is 69.3 Å². The number of benzene rings is 4. The van der Waals surface area contributed by atoms with Crippen LogP contribution >= 0.6 is 0 Å². The second-order valence-corrected chi connectivity index (χ2v) is 8.79. The maximum absolute atomic E-state index is 9.80. The standard InChI is InChI=1S/C29H28O2/c1-28(2,22-13-17-26(30)18-14-22)21-9-11-24(12-10-21)29(3,23-7-5-4-6-8-23)25-15-19-27(31)20-16-25/h4-20,30-31H,1-3H3. The Labute approximate surface area is 184 Å². The number of hydrogen-bond acceptors (Lipinski definition) is 2. The number of phenolic OH excluding ortho intramolecular Hbond substituents is 2. The molecule has 0 bridgehead atoms. The molecule has 156 valence electrons. The van der Waals surface area contributed by atoms with Crippen molar-refractivity contribution in [1.82, 2.24) is 0 Å². The molecule has 4 aromatic carbocycles. The van der Waals surface area contributed by atoms with Gasteiger partial charge in [0.1, 0.15) is 11.5 Å². The van der Waals surface area contributed by atoms with Gasteiger partial charge >= 0.3 is 0 Å². The van der Waals surface area contributed by atoms with Gasteiger partial charge < -0.3 is 10.2 Å². The summed E-state index contributed by atoms with van der Waals surface area (Å²) in [6, 6.07) is 34.2. The molecule has 0 radical (unpaired) electrons. The molecule has 0 spiro atoms. The molecular formula is C29H28O2. The summed E-state index contributed by atoms with van der Waals surface area (Å²) in [4.78, 5) is 0. The Kier molecular flexibility index (Phi) is 5.32. The summed E-state index contributed by atoms with van der Waals surface area (Å²) < 4.78 is 0. The molecule has 2 heteroatoms. The number of aromatic hydroxyl groups is 2. The lowest BCUT2D eigenvalue weighted by atomic mass is 9.70. The van der Waals surface area contributed by atoms with E-state index >= 15 is 0 Å². The van der Waals surface area contributed by atoms with Crippen LogP contribution in [0, 0.1) is 0 Å². The molecule has 0 heterocycles. The Balaban J connectivity index is 1.78. The molecule has 0 amide bonds. The quantitative estimate of drug-likeness (QED) is 0.357. The highest BCUT2D eigenvalue weighted by molar-refractivity contribution is 5.51. The van der Waals surface area contributed by atoms with Gasteiger partial charge in [-0.05, 0) is 59.0 Å². The van der Waals surface area contributed by atoms with Crippen LogP contribution in [0.3, 0.4) is 0 Å². The third-order valence-electron chi connectivity index (χ3n) is 6.57. The van der Waals surface area contributed by atoms with Crippen LogP contribution in [-0.2, 0) is 10.8 Å². The molecule has 0 aliphatic carbocycles. The molecule has 0 fully saturated rings. The fraction of sp³-hybridized carbons (Fsp3) is 0.172. The monoisotopic (exact) mass is 408 g/mol. The van der Waals surface area contributed by atoms with Crippen LogP contribution in [0.25, 0.3) is 0 Å². The predicted molar refractivity (Wildman–Crippen MR) is 127 cm³/mol. The minimum absolute atomic E-state index is 0.187. The third-order valence-corrected chi connectivity index (χ3v) is 6.57. The van der Waals surface area contributed by atoms with Gasteiger partial charge in [-0.3, -0.25) is 0 Å². The van der Waals surface area contributed by atoms with Crippen LogP contribution in [0.15, 0.2) is 103 Å². The van der Waals surface area contributed by atoms with Gasteiger partial charge in [0.15, 0.2) is 0 Å². The average Bonchev–Trinajstić information content (AvgIpc) is 2.80. The van der Waals surface area contributed by atoms with Crippen molar-refractivity contribution < 1.29 is 10.2 Å². The summed E-state index contributed by atoms with van der Waals surface area (Å²) in [7, 11) is 0. The Morgan fingerprint density at radius 2 is 0.742 bits per heavy atom. The second-order valence-electron chi connectivity index (χ2n) is 8.79. The molecular weight excluding hydrogens is 380 g/mol. The maximum atomic E-state index is 9.80. The largest absolute Gasteiger partial charge is 0.508 e. The van der Waals surface area contributed by atoms with Crippen LogP contribution in [0.5, 0.6) is 11.5 Å². The molecule has 31 heavy (non-hydrogen) atoms. The van der Waals surface area contributed by atoms with E-state index in [-0.39, 0.29) is 22.3 Å². The van der Waals surface area contributed by atoms with Crippen LogP contribution in [-0.4, -0.2) is 10.2 Å². The van der Waals surface area contributed by atoms with E-state index in [0.717, 1.165) is 11.1 Å². The Morgan fingerprint density at radius 1 is 0.419 bits per heavy atom. The van der Waals surface area contributed by atoms with Gasteiger partial charge in [-0.15, -0.1) is 0 Å². The molecule has 1 unspecified atom stereocenters. The first-order valence-corrected chi connectivity index (χ1v) is 10.6. The van der Waals surface area contributed by atoms with E-state index < -0.39 is 0 Å². The van der Waals surface area contributed by atoms with E-state index in [1.54, 1.807) is 24.3 Å². The topological polar surface area (TPSA) is 40.5 Å². The van der Waals surface area contributed by atoms with Crippen molar-refractivity contribution in [3.63, 3.8) is 0 Å². The predicted octanol–water partition coefficient (Wildman–Crippen LogP) is 6.78. The zero-order chi connectivity index (χ0) is 22.1. The molecule has 0 saturated heterocycles. The fourth-order valence-electron chi connectivity index (χ4n) is 4.33. The summed E-state index contributed by atoms with van der Waals surface area (Å²) in [6.07, 6.45) is 0. The lowest BCUT2D eigenvalue weighted by molar-refractivity contribution is 0.474. The van der Waals surface area contributed by atoms with E-state index in [1.165, 1.54) is 16.7 Å². The Bertz CT molecular complexity index is 1140. The van der Waals surface area contributed by atoms with Gasteiger partial charge in [0.05, 0.1) is 0 Å². The molecule has 2 nitrogen and oxygen atoms in total. The van der Waals surface area contributed by atoms with Crippen molar-refractivity contribution in [2.45, 2.75) is 31.6 Å². The second kappa shape index (κ2) is 7.96. The molecule has 0 aliphatic rings. The zero-order valence-electron chi connectivity index (χ0n) is 18.2. The van der Waals surface area contributed by atoms with Crippen molar-refractivity contribution in [1.29, 1.82) is 0 Å². The highest BCUT2D eigenvalue weighted by Crippen LogP contribution is 2.40. The summed E-state index contributed by atoms with van der Waals surface area (Å²) in [5.41, 5.74) is 5.35. The molecule has 4 aromatic rings. The molecule has 2 N–H and O–H groups in total. The van der Waals surface area contributed by atoms with Gasteiger partial charge in [0, 0.05) is 10.8 Å². The molecule has 0 saturated carbocycles. The smallest absolute Gasteiger partial charge is 0.115 e. The van der Waals surface area contributed by atoms with Crippen LogP contribution in [0.1, 0.15) is 48.6 Å². The van der Waals surface area contributed by atoms with Crippen molar-refractivity contribution in [3.8, 4) is 11.5 Å². The van der Waals surface area contributed by atoms with Gasteiger partial charge in [0.2, 0.25) is 0 Å². The molecule has 0 aromatic heterocycles. The first kappa shape index (κ1) is 20.7. The van der Waals surface area contributed by atoms with Crippen molar-refractivity contribution >= 4 is 0 Å². The fourth-order valence-corrected chi connectivity index (χ4v) is 4.33. The third kappa shape index (κ3) is 3.82. The van der Waals surface area contributed by atoms with Crippen LogP contribution in [0.4, 0.5) is 0 Å². The normalized spacial score (nSPS) is 13.5. The van der Waals surface area contributed by atoms with E-state index in [4.69, 9.17) is 0 Å². The van der Waals surface area contributed by atoms with Crippen molar-refractivity contribution in [2.24, 2.45) is 0 Å². The van der Waals surface area contributed by atoms with Crippen molar-refractivity contribution in [2.75, 3.05) is 0 Å². The molecule has 1 atom stereocenters. The lowest BCUT2D eigenvalue weighted by Gasteiger charge is -2.33. The first-order valence-electron chi connectivity index (χ1n) is 10.6.